The molecule has 6 nitrogen and oxygen atoms in total. The van der Waals surface area contributed by atoms with E-state index in [1.807, 2.05) is 60.9 Å². The van der Waals surface area contributed by atoms with Crippen LogP contribution in [0.3, 0.4) is 0 Å². The number of halogens is 2. The molecular formula is C23H20Cl2N4O2. The van der Waals surface area contributed by atoms with Crippen molar-refractivity contribution in [2.24, 2.45) is 0 Å². The van der Waals surface area contributed by atoms with Gasteiger partial charge in [-0.05, 0) is 48.0 Å². The van der Waals surface area contributed by atoms with Crippen LogP contribution in [0, 0.1) is 0 Å². The van der Waals surface area contributed by atoms with Crippen LogP contribution in [0.25, 0.3) is 10.9 Å². The van der Waals surface area contributed by atoms with Gasteiger partial charge in [0.25, 0.3) is 5.91 Å². The van der Waals surface area contributed by atoms with Crippen LogP contribution in [0.2, 0.25) is 5.02 Å². The molecule has 0 saturated carbocycles. The number of carbonyl (C=O) groups is 1. The lowest BCUT2D eigenvalue weighted by Crippen LogP contribution is -3.00. The third kappa shape index (κ3) is 5.70. The summed E-state index contributed by atoms with van der Waals surface area (Å²) in [6.45, 7) is 0.0568. The molecule has 2 aromatic heterocycles. The molecule has 0 aliphatic rings. The number of nitrogens with zero attached hydrogens (tertiary/aromatic N) is 2. The molecule has 2 aromatic carbocycles. The maximum absolute atomic E-state index is 12.4. The number of carbonyl (C=O) groups excluding carboxylic acids is 1. The zero-order valence-corrected chi connectivity index (χ0v) is 17.9. The summed E-state index contributed by atoms with van der Waals surface area (Å²) in [5, 5.41) is 17.4. The molecule has 0 aliphatic heterocycles. The maximum Gasteiger partial charge on any atom is 0.290 e. The smallest absolute Gasteiger partial charge is 0.290 e. The second-order valence-corrected chi connectivity index (χ2v) is 7.25. The van der Waals surface area contributed by atoms with Crippen LogP contribution >= 0.6 is 11.6 Å². The van der Waals surface area contributed by atoms with E-state index in [9.17, 15) is 9.90 Å². The Morgan fingerprint density at radius 1 is 1.03 bits per heavy atom. The van der Waals surface area contributed by atoms with Crippen molar-refractivity contribution in [1.29, 1.82) is 0 Å². The van der Waals surface area contributed by atoms with Gasteiger partial charge in [0.2, 0.25) is 6.54 Å². The number of hydrogen-bond donors (Lipinski definition) is 3. The fraction of sp³-hybridized carbons (Fsp3) is 0.0870. The van der Waals surface area contributed by atoms with Gasteiger partial charge in [0.05, 0.1) is 12.1 Å². The van der Waals surface area contributed by atoms with Gasteiger partial charge in [-0.2, -0.15) is 4.57 Å². The first-order chi connectivity index (χ1) is 14.6. The Hall–Kier alpha value is -3.19. The number of aromatic nitrogens is 2. The zero-order valence-electron chi connectivity index (χ0n) is 16.4. The summed E-state index contributed by atoms with van der Waals surface area (Å²) in [6.07, 6.45) is 5.37. The van der Waals surface area contributed by atoms with Gasteiger partial charge in [-0.25, -0.2) is 0 Å². The summed E-state index contributed by atoms with van der Waals surface area (Å²) in [6, 6.07) is 18.4. The number of anilines is 3. The molecule has 4 aromatic rings. The average molecular weight is 455 g/mol. The van der Waals surface area contributed by atoms with Gasteiger partial charge in [0.15, 0.2) is 12.4 Å². The molecule has 3 N–H and O–H groups in total. The molecule has 8 heteroatoms. The van der Waals surface area contributed by atoms with Gasteiger partial charge in [-0.15, -0.1) is 0 Å². The molecule has 2 heterocycles. The SMILES string of the molecule is O=C(C[n+]1ccccc1)Nc1cc(CO)cc(Nc2ccnc3cc(Cl)ccc23)c1.[Cl-]. The van der Waals surface area contributed by atoms with Crippen LogP contribution in [-0.2, 0) is 17.9 Å². The zero-order chi connectivity index (χ0) is 20.9. The predicted octanol–water partition coefficient (Wildman–Crippen LogP) is 1.05. The van der Waals surface area contributed by atoms with E-state index in [0.717, 1.165) is 22.3 Å². The van der Waals surface area contributed by atoms with Crippen LogP contribution in [-0.4, -0.2) is 16.0 Å². The summed E-state index contributed by atoms with van der Waals surface area (Å²) in [4.78, 5) is 16.8. The van der Waals surface area contributed by atoms with Gasteiger partial charge < -0.3 is 28.1 Å². The average Bonchev–Trinajstić information content (AvgIpc) is 2.74. The molecule has 1 amide bonds. The van der Waals surface area contributed by atoms with Crippen molar-refractivity contribution in [1.82, 2.24) is 4.98 Å². The van der Waals surface area contributed by atoms with Crippen LogP contribution < -0.4 is 27.6 Å². The Kier molecular flexibility index (Phi) is 7.41. The number of nitrogens with one attached hydrogen (secondary N) is 2. The normalized spacial score (nSPS) is 10.4. The van der Waals surface area contributed by atoms with Crippen molar-refractivity contribution >= 4 is 45.5 Å². The van der Waals surface area contributed by atoms with Crippen molar-refractivity contribution < 1.29 is 26.9 Å². The van der Waals surface area contributed by atoms with E-state index in [1.165, 1.54) is 0 Å². The lowest BCUT2D eigenvalue weighted by atomic mass is 10.1. The Morgan fingerprint density at radius 3 is 2.58 bits per heavy atom. The molecule has 158 valence electrons. The van der Waals surface area contributed by atoms with E-state index in [1.54, 1.807) is 22.9 Å². The Bertz CT molecular complexity index is 1200. The van der Waals surface area contributed by atoms with Gasteiger partial charge >= 0.3 is 0 Å². The molecule has 0 aliphatic carbocycles. The Labute approximate surface area is 190 Å². The quantitative estimate of drug-likeness (QED) is 0.380. The minimum atomic E-state index is -0.156. The maximum atomic E-state index is 12.4. The van der Waals surface area contributed by atoms with E-state index in [4.69, 9.17) is 11.6 Å². The summed E-state index contributed by atoms with van der Waals surface area (Å²) in [7, 11) is 0. The molecule has 31 heavy (non-hydrogen) atoms. The van der Waals surface area contributed by atoms with Crippen LogP contribution in [0.1, 0.15) is 5.56 Å². The highest BCUT2D eigenvalue weighted by atomic mass is 35.5. The number of benzene rings is 2. The van der Waals surface area contributed by atoms with Crippen molar-refractivity contribution in [3.63, 3.8) is 0 Å². The van der Waals surface area contributed by atoms with Crippen molar-refractivity contribution in [2.45, 2.75) is 13.2 Å². The first-order valence-corrected chi connectivity index (χ1v) is 9.78. The molecule has 0 unspecified atom stereocenters. The number of hydrogen-bond acceptors (Lipinski definition) is 4. The number of amides is 1. The van der Waals surface area contributed by atoms with E-state index in [-0.39, 0.29) is 31.5 Å². The monoisotopic (exact) mass is 454 g/mol. The number of rotatable bonds is 6. The van der Waals surface area contributed by atoms with Gasteiger partial charge in [0, 0.05) is 45.8 Å². The Morgan fingerprint density at radius 2 is 1.81 bits per heavy atom. The lowest BCUT2D eigenvalue weighted by molar-refractivity contribution is -0.684. The first-order valence-electron chi connectivity index (χ1n) is 9.41. The third-order valence-electron chi connectivity index (χ3n) is 4.55. The minimum Gasteiger partial charge on any atom is -1.00 e. The molecular weight excluding hydrogens is 435 g/mol. The van der Waals surface area contributed by atoms with Gasteiger partial charge in [-0.3, -0.25) is 9.78 Å². The van der Waals surface area contributed by atoms with E-state index in [2.05, 4.69) is 15.6 Å². The third-order valence-corrected chi connectivity index (χ3v) is 4.78. The Balaban J connectivity index is 0.00000272. The van der Waals surface area contributed by atoms with E-state index < -0.39 is 0 Å². The van der Waals surface area contributed by atoms with Crippen LogP contribution in [0.5, 0.6) is 0 Å². The number of fused-ring (bicyclic) bond motifs is 1. The number of aliphatic hydroxyl groups excluding tert-OH is 1. The molecule has 0 bridgehead atoms. The number of pyridine rings is 2. The summed E-state index contributed by atoms with van der Waals surface area (Å²) in [5.41, 5.74) is 3.66. The predicted molar refractivity (Wildman–Crippen MR) is 118 cm³/mol. The van der Waals surface area contributed by atoms with Crippen molar-refractivity contribution in [2.75, 3.05) is 10.6 Å². The van der Waals surface area contributed by atoms with Crippen LogP contribution in [0.15, 0.2) is 79.3 Å². The summed E-state index contributed by atoms with van der Waals surface area (Å²) < 4.78 is 1.79. The second-order valence-electron chi connectivity index (χ2n) is 6.82. The van der Waals surface area contributed by atoms with Crippen molar-refractivity contribution in [3.05, 3.63) is 89.8 Å². The molecule has 0 spiro atoms. The fourth-order valence-electron chi connectivity index (χ4n) is 3.22. The lowest BCUT2D eigenvalue weighted by Gasteiger charge is -2.13. The largest absolute Gasteiger partial charge is 1.00 e. The molecule has 0 saturated heterocycles. The van der Waals surface area contributed by atoms with Crippen LogP contribution in [0.4, 0.5) is 17.1 Å². The highest BCUT2D eigenvalue weighted by molar-refractivity contribution is 6.31. The number of aliphatic hydroxyl groups is 1. The fourth-order valence-corrected chi connectivity index (χ4v) is 3.39. The van der Waals surface area contributed by atoms with Gasteiger partial charge in [-0.1, -0.05) is 17.7 Å². The van der Waals surface area contributed by atoms with Crippen molar-refractivity contribution in [3.8, 4) is 0 Å². The molecule has 0 atom stereocenters. The molecule has 0 radical (unpaired) electrons. The first kappa shape index (κ1) is 22.5. The standard InChI is InChI=1S/C23H19ClN4O2.ClH/c24-17-4-5-20-21(6-7-25-22(20)12-17)26-18-10-16(15-29)11-19(13-18)27-23(30)14-28-8-2-1-3-9-28;/h1-13,29H,14-15H2,(H-,25,26,27,30);1H. The molecule has 4 rings (SSSR count). The highest BCUT2D eigenvalue weighted by Crippen LogP contribution is 2.29. The van der Waals surface area contributed by atoms with Gasteiger partial charge in [0.1, 0.15) is 0 Å². The van der Waals surface area contributed by atoms with E-state index in [0.29, 0.717) is 16.3 Å². The highest BCUT2D eigenvalue weighted by Gasteiger charge is 2.11. The van der Waals surface area contributed by atoms with E-state index >= 15 is 0 Å². The summed E-state index contributed by atoms with van der Waals surface area (Å²) >= 11 is 6.07. The molecule has 0 fully saturated rings. The topological polar surface area (TPSA) is 78.1 Å². The minimum absolute atomic E-state index is 0. The summed E-state index contributed by atoms with van der Waals surface area (Å²) in [5.74, 6) is -0.156. The second kappa shape index (κ2) is 10.2.